The van der Waals surface area contributed by atoms with Crippen molar-refractivity contribution in [3.05, 3.63) is 59.2 Å². The molecule has 0 aliphatic heterocycles. The Hall–Kier alpha value is -2.09. The van der Waals surface area contributed by atoms with Gasteiger partial charge in [0.1, 0.15) is 0 Å². The quantitative estimate of drug-likeness (QED) is 0.139. The Morgan fingerprint density at radius 3 is 1.79 bits per heavy atom. The zero-order valence-electron chi connectivity index (χ0n) is 21.6. The summed E-state index contributed by atoms with van der Waals surface area (Å²) in [6.45, 7) is 2.82. The molecule has 2 nitrogen and oxygen atoms in total. The van der Waals surface area contributed by atoms with Crippen LogP contribution in [0.25, 0.3) is 11.1 Å². The van der Waals surface area contributed by atoms with E-state index in [-0.39, 0.29) is 5.97 Å². The Labute approximate surface area is 208 Å². The summed E-state index contributed by atoms with van der Waals surface area (Å²) in [6.07, 6.45) is 22.6. The average Bonchev–Trinajstić information content (AvgIpc) is 3.23. The zero-order valence-corrected chi connectivity index (χ0v) is 21.6. The summed E-state index contributed by atoms with van der Waals surface area (Å²) in [6, 6.07) is 14.5. The van der Waals surface area contributed by atoms with Crippen molar-refractivity contribution >= 4 is 5.97 Å². The third-order valence-electron chi connectivity index (χ3n) is 7.27. The zero-order chi connectivity index (χ0) is 23.8. The molecule has 186 valence electrons. The van der Waals surface area contributed by atoms with Gasteiger partial charge < -0.3 is 4.74 Å². The lowest BCUT2D eigenvalue weighted by Gasteiger charge is -2.07. The van der Waals surface area contributed by atoms with Gasteiger partial charge in [-0.05, 0) is 47.2 Å². The predicted octanol–water partition coefficient (Wildman–Crippen LogP) is 9.68. The third kappa shape index (κ3) is 8.93. The molecule has 0 saturated heterocycles. The van der Waals surface area contributed by atoms with Gasteiger partial charge in [0, 0.05) is 0 Å². The summed E-state index contributed by atoms with van der Waals surface area (Å²) in [7, 11) is 0. The maximum absolute atomic E-state index is 12.5. The fraction of sp³-hybridized carbons (Fsp3) is 0.594. The Morgan fingerprint density at radius 1 is 0.647 bits per heavy atom. The lowest BCUT2D eigenvalue weighted by atomic mass is 10.0. The lowest BCUT2D eigenvalue weighted by Crippen LogP contribution is -2.06. The molecule has 0 unspecified atom stereocenters. The molecule has 0 aromatic heterocycles. The van der Waals surface area contributed by atoms with Crippen molar-refractivity contribution in [2.45, 2.75) is 116 Å². The summed E-state index contributed by atoms with van der Waals surface area (Å²) < 4.78 is 5.56. The van der Waals surface area contributed by atoms with Crippen molar-refractivity contribution in [2.75, 3.05) is 6.61 Å². The van der Waals surface area contributed by atoms with Gasteiger partial charge in [-0.15, -0.1) is 0 Å². The van der Waals surface area contributed by atoms with Gasteiger partial charge in [0.25, 0.3) is 0 Å². The van der Waals surface area contributed by atoms with Crippen molar-refractivity contribution in [3.63, 3.8) is 0 Å². The molecule has 0 saturated carbocycles. The van der Waals surface area contributed by atoms with E-state index in [0.717, 1.165) is 19.3 Å². The summed E-state index contributed by atoms with van der Waals surface area (Å²) in [5, 5.41) is 0. The SMILES string of the molecule is CCCCCCCCCCCCCCCCCCOC(=O)c1ccc2c(c1)-c1ccccc1C2. The first-order valence-electron chi connectivity index (χ1n) is 14.2. The Morgan fingerprint density at radius 2 is 1.18 bits per heavy atom. The summed E-state index contributed by atoms with van der Waals surface area (Å²) in [5.41, 5.74) is 5.76. The molecular weight excluding hydrogens is 416 g/mol. The van der Waals surface area contributed by atoms with E-state index in [4.69, 9.17) is 4.74 Å². The van der Waals surface area contributed by atoms with Gasteiger partial charge >= 0.3 is 5.97 Å². The first-order chi connectivity index (χ1) is 16.8. The number of unbranched alkanes of at least 4 members (excludes halogenated alkanes) is 15. The van der Waals surface area contributed by atoms with E-state index < -0.39 is 0 Å². The summed E-state index contributed by atoms with van der Waals surface area (Å²) >= 11 is 0. The number of esters is 1. The van der Waals surface area contributed by atoms with Crippen LogP contribution >= 0.6 is 0 Å². The van der Waals surface area contributed by atoms with Crippen LogP contribution < -0.4 is 0 Å². The molecule has 0 radical (unpaired) electrons. The molecule has 0 amide bonds. The average molecular weight is 463 g/mol. The molecule has 0 N–H and O–H groups in total. The molecule has 3 rings (SSSR count). The van der Waals surface area contributed by atoms with Crippen LogP contribution in [0.5, 0.6) is 0 Å². The van der Waals surface area contributed by atoms with Crippen molar-refractivity contribution in [1.82, 2.24) is 0 Å². The highest BCUT2D eigenvalue weighted by Crippen LogP contribution is 2.36. The first-order valence-corrected chi connectivity index (χ1v) is 14.2. The molecule has 0 atom stereocenters. The molecule has 34 heavy (non-hydrogen) atoms. The van der Waals surface area contributed by atoms with E-state index >= 15 is 0 Å². The van der Waals surface area contributed by atoms with Crippen LogP contribution in [0.2, 0.25) is 0 Å². The number of ether oxygens (including phenoxy) is 1. The van der Waals surface area contributed by atoms with Gasteiger partial charge in [0.05, 0.1) is 12.2 Å². The number of rotatable bonds is 18. The number of benzene rings is 2. The van der Waals surface area contributed by atoms with E-state index in [0.29, 0.717) is 12.2 Å². The van der Waals surface area contributed by atoms with E-state index in [1.807, 2.05) is 12.1 Å². The van der Waals surface area contributed by atoms with Gasteiger partial charge in [0.15, 0.2) is 0 Å². The molecule has 0 spiro atoms. The highest BCUT2D eigenvalue weighted by molar-refractivity contribution is 5.92. The minimum absolute atomic E-state index is 0.187. The van der Waals surface area contributed by atoms with E-state index in [1.54, 1.807) is 0 Å². The number of carbonyl (C=O) groups excluding carboxylic acids is 1. The number of fused-ring (bicyclic) bond motifs is 3. The minimum Gasteiger partial charge on any atom is -0.462 e. The van der Waals surface area contributed by atoms with Gasteiger partial charge in [-0.25, -0.2) is 4.79 Å². The van der Waals surface area contributed by atoms with E-state index in [9.17, 15) is 4.79 Å². The molecule has 0 heterocycles. The lowest BCUT2D eigenvalue weighted by molar-refractivity contribution is 0.0497. The van der Waals surface area contributed by atoms with Crippen molar-refractivity contribution < 1.29 is 9.53 Å². The smallest absolute Gasteiger partial charge is 0.338 e. The maximum Gasteiger partial charge on any atom is 0.338 e. The van der Waals surface area contributed by atoms with Crippen LogP contribution in [0.15, 0.2) is 42.5 Å². The van der Waals surface area contributed by atoms with E-state index in [2.05, 4.69) is 37.3 Å². The summed E-state index contributed by atoms with van der Waals surface area (Å²) in [5.74, 6) is -0.187. The fourth-order valence-corrected chi connectivity index (χ4v) is 5.15. The molecule has 2 aromatic carbocycles. The van der Waals surface area contributed by atoms with Crippen molar-refractivity contribution in [3.8, 4) is 11.1 Å². The first kappa shape index (κ1) is 26.5. The van der Waals surface area contributed by atoms with Gasteiger partial charge in [-0.3, -0.25) is 0 Å². The Kier molecular flexibility index (Phi) is 12.3. The Bertz CT molecular complexity index is 854. The van der Waals surface area contributed by atoms with Crippen LogP contribution in [0, 0.1) is 0 Å². The fourth-order valence-electron chi connectivity index (χ4n) is 5.15. The monoisotopic (exact) mass is 462 g/mol. The molecule has 2 heteroatoms. The van der Waals surface area contributed by atoms with Gasteiger partial charge in [-0.1, -0.05) is 134 Å². The second kappa shape index (κ2) is 15.7. The minimum atomic E-state index is -0.187. The normalized spacial score (nSPS) is 11.9. The summed E-state index contributed by atoms with van der Waals surface area (Å²) in [4.78, 5) is 12.5. The van der Waals surface area contributed by atoms with Crippen molar-refractivity contribution in [2.24, 2.45) is 0 Å². The van der Waals surface area contributed by atoms with Crippen LogP contribution in [-0.2, 0) is 11.2 Å². The highest BCUT2D eigenvalue weighted by atomic mass is 16.5. The maximum atomic E-state index is 12.5. The number of hydrogen-bond acceptors (Lipinski definition) is 2. The van der Waals surface area contributed by atoms with Crippen LogP contribution in [0.4, 0.5) is 0 Å². The highest BCUT2D eigenvalue weighted by Gasteiger charge is 2.19. The molecule has 0 fully saturated rings. The molecule has 1 aliphatic rings. The van der Waals surface area contributed by atoms with Gasteiger partial charge in [-0.2, -0.15) is 0 Å². The third-order valence-corrected chi connectivity index (χ3v) is 7.27. The topological polar surface area (TPSA) is 26.3 Å². The second-order valence-electron chi connectivity index (χ2n) is 10.1. The molecule has 2 aromatic rings. The van der Waals surface area contributed by atoms with Crippen molar-refractivity contribution in [1.29, 1.82) is 0 Å². The Balaban J connectivity index is 1.15. The molecular formula is C32H46O2. The number of carbonyl (C=O) groups is 1. The number of hydrogen-bond donors (Lipinski definition) is 0. The van der Waals surface area contributed by atoms with Crippen LogP contribution in [0.3, 0.4) is 0 Å². The van der Waals surface area contributed by atoms with Gasteiger partial charge in [0.2, 0.25) is 0 Å². The largest absolute Gasteiger partial charge is 0.462 e. The molecule has 0 bridgehead atoms. The predicted molar refractivity (Wildman–Crippen MR) is 145 cm³/mol. The standard InChI is InChI=1S/C32H46O2/c1-2-3-4-5-6-7-8-9-10-11-12-13-14-15-16-19-24-34-32(33)29-23-22-28-25-27-20-17-18-21-30(27)31(28)26-29/h17-18,20-23,26H,2-16,19,24-25H2,1H3. The molecule has 1 aliphatic carbocycles. The second-order valence-corrected chi connectivity index (χ2v) is 10.1. The van der Waals surface area contributed by atoms with Crippen LogP contribution in [-0.4, -0.2) is 12.6 Å². The van der Waals surface area contributed by atoms with Crippen LogP contribution in [0.1, 0.15) is 131 Å². The van der Waals surface area contributed by atoms with E-state index in [1.165, 1.54) is 112 Å².